The molecule has 3 unspecified atom stereocenters. The third-order valence-electron chi connectivity index (χ3n) is 2.32. The lowest BCUT2D eigenvalue weighted by molar-refractivity contribution is 0.105. The fraction of sp³-hybridized carbons (Fsp3) is 1.00. The molecule has 2 N–H and O–H groups in total. The lowest BCUT2D eigenvalue weighted by Crippen LogP contribution is -2.19. The van der Waals surface area contributed by atoms with Crippen LogP contribution in [0.5, 0.6) is 0 Å². The van der Waals surface area contributed by atoms with Gasteiger partial charge in [-0.25, -0.2) is 0 Å². The van der Waals surface area contributed by atoms with Crippen molar-refractivity contribution < 1.29 is 5.11 Å². The van der Waals surface area contributed by atoms with Crippen LogP contribution in [0, 0.1) is 5.92 Å². The zero-order valence-electron chi connectivity index (χ0n) is 6.80. The van der Waals surface area contributed by atoms with Crippen LogP contribution in [0.25, 0.3) is 0 Å². The van der Waals surface area contributed by atoms with E-state index in [1.807, 2.05) is 0 Å². The Hall–Kier alpha value is -0.0800. The van der Waals surface area contributed by atoms with Crippen LogP contribution in [0.3, 0.4) is 0 Å². The first kappa shape index (κ1) is 8.02. The Bertz CT molecular complexity index is 101. The lowest BCUT2D eigenvalue weighted by Gasteiger charge is -2.15. The Balaban J connectivity index is 2.11. The predicted octanol–water partition coefficient (Wildman–Crippen LogP) is 0.755. The number of nitrogens with one attached hydrogen (secondary N) is 1. The van der Waals surface area contributed by atoms with Crippen LogP contribution in [-0.2, 0) is 0 Å². The molecule has 0 spiro atoms. The summed E-state index contributed by atoms with van der Waals surface area (Å²) in [6.07, 6.45) is 1.92. The molecule has 1 saturated heterocycles. The Labute approximate surface area is 62.6 Å². The molecule has 3 atom stereocenters. The van der Waals surface area contributed by atoms with Gasteiger partial charge in [0.2, 0.25) is 0 Å². The number of hydrogen-bond acceptors (Lipinski definition) is 2. The largest absolute Gasteiger partial charge is 0.393 e. The zero-order chi connectivity index (χ0) is 7.56. The van der Waals surface area contributed by atoms with Crippen LogP contribution in [-0.4, -0.2) is 23.8 Å². The first-order chi connectivity index (χ1) is 4.74. The van der Waals surface area contributed by atoms with E-state index in [0.717, 1.165) is 19.4 Å². The normalized spacial score (nSPS) is 29.7. The molecule has 1 aliphatic heterocycles. The van der Waals surface area contributed by atoms with Gasteiger partial charge in [0.05, 0.1) is 6.10 Å². The minimum absolute atomic E-state index is 0.0926. The van der Waals surface area contributed by atoms with Gasteiger partial charge in [-0.15, -0.1) is 0 Å². The van der Waals surface area contributed by atoms with Crippen molar-refractivity contribution in [2.45, 2.75) is 38.8 Å². The molecule has 0 aliphatic carbocycles. The van der Waals surface area contributed by atoms with Crippen molar-refractivity contribution in [3.63, 3.8) is 0 Å². The highest BCUT2D eigenvalue weighted by molar-refractivity contribution is 4.86. The van der Waals surface area contributed by atoms with Gasteiger partial charge in [-0.3, -0.25) is 0 Å². The summed E-state index contributed by atoms with van der Waals surface area (Å²) >= 11 is 0. The molecular formula is C8H17NO. The predicted molar refractivity (Wildman–Crippen MR) is 41.9 cm³/mol. The highest BCUT2D eigenvalue weighted by Crippen LogP contribution is 2.15. The maximum atomic E-state index is 9.49. The number of hydrogen-bond donors (Lipinski definition) is 2. The smallest absolute Gasteiger partial charge is 0.0581 e. The Morgan fingerprint density at radius 1 is 1.70 bits per heavy atom. The lowest BCUT2D eigenvalue weighted by atomic mass is 9.98. The summed E-state index contributed by atoms with van der Waals surface area (Å²) in [5.41, 5.74) is 0. The molecule has 0 radical (unpaired) electrons. The van der Waals surface area contributed by atoms with Crippen molar-refractivity contribution in [3.05, 3.63) is 0 Å². The van der Waals surface area contributed by atoms with Gasteiger partial charge in [0.1, 0.15) is 0 Å². The Kier molecular flexibility index (Phi) is 2.69. The van der Waals surface area contributed by atoms with E-state index >= 15 is 0 Å². The molecule has 2 heteroatoms. The van der Waals surface area contributed by atoms with Gasteiger partial charge in [-0.2, -0.15) is 0 Å². The van der Waals surface area contributed by atoms with Gasteiger partial charge >= 0.3 is 0 Å². The summed E-state index contributed by atoms with van der Waals surface area (Å²) in [5, 5.41) is 12.7. The van der Waals surface area contributed by atoms with E-state index in [4.69, 9.17) is 0 Å². The second-order valence-corrected chi connectivity index (χ2v) is 3.29. The minimum Gasteiger partial charge on any atom is -0.393 e. The Morgan fingerprint density at radius 3 is 2.70 bits per heavy atom. The van der Waals surface area contributed by atoms with Crippen molar-refractivity contribution in [1.82, 2.24) is 5.32 Å². The molecule has 1 aliphatic rings. The average molecular weight is 143 g/mol. The Morgan fingerprint density at radius 2 is 2.30 bits per heavy atom. The first-order valence-corrected chi connectivity index (χ1v) is 4.15. The van der Waals surface area contributed by atoms with E-state index in [9.17, 15) is 5.11 Å². The van der Waals surface area contributed by atoms with Crippen molar-refractivity contribution in [2.75, 3.05) is 6.54 Å². The number of aliphatic hydroxyl groups excluding tert-OH is 1. The molecule has 0 saturated carbocycles. The van der Waals surface area contributed by atoms with Crippen molar-refractivity contribution in [1.29, 1.82) is 0 Å². The van der Waals surface area contributed by atoms with Crippen LogP contribution in [0.4, 0.5) is 0 Å². The molecular weight excluding hydrogens is 126 g/mol. The SMILES string of the molecule is CCC(C)C(O)CC1CN1. The van der Waals surface area contributed by atoms with E-state index in [-0.39, 0.29) is 6.10 Å². The fourth-order valence-electron chi connectivity index (χ4n) is 1.05. The summed E-state index contributed by atoms with van der Waals surface area (Å²) in [6.45, 7) is 5.33. The molecule has 1 rings (SSSR count). The van der Waals surface area contributed by atoms with Crippen molar-refractivity contribution in [2.24, 2.45) is 5.92 Å². The standard InChI is InChI=1S/C8H17NO/c1-3-6(2)8(10)4-7-5-9-7/h6-10H,3-5H2,1-2H3. The van der Waals surface area contributed by atoms with Gasteiger partial charge in [0.15, 0.2) is 0 Å². The topological polar surface area (TPSA) is 42.2 Å². The van der Waals surface area contributed by atoms with Crippen LogP contribution < -0.4 is 5.32 Å². The molecule has 0 amide bonds. The zero-order valence-corrected chi connectivity index (χ0v) is 6.80. The second-order valence-electron chi connectivity index (χ2n) is 3.29. The fourth-order valence-corrected chi connectivity index (χ4v) is 1.05. The minimum atomic E-state index is -0.0926. The highest BCUT2D eigenvalue weighted by atomic mass is 16.3. The van der Waals surface area contributed by atoms with Gasteiger partial charge in [0, 0.05) is 12.6 Å². The summed E-state index contributed by atoms with van der Waals surface area (Å²) in [5.74, 6) is 0.461. The van der Waals surface area contributed by atoms with Crippen LogP contribution >= 0.6 is 0 Å². The molecule has 1 heterocycles. The highest BCUT2D eigenvalue weighted by Gasteiger charge is 2.25. The van der Waals surface area contributed by atoms with Crippen molar-refractivity contribution >= 4 is 0 Å². The molecule has 10 heavy (non-hydrogen) atoms. The summed E-state index contributed by atoms with van der Waals surface area (Å²) in [6, 6.07) is 0.615. The molecule has 0 bridgehead atoms. The van der Waals surface area contributed by atoms with Gasteiger partial charge in [-0.05, 0) is 12.3 Å². The number of rotatable bonds is 4. The maximum Gasteiger partial charge on any atom is 0.0581 e. The second kappa shape index (κ2) is 3.35. The maximum absolute atomic E-state index is 9.49. The van der Waals surface area contributed by atoms with E-state index in [1.54, 1.807) is 0 Å². The van der Waals surface area contributed by atoms with E-state index in [2.05, 4.69) is 19.2 Å². The first-order valence-electron chi connectivity index (χ1n) is 4.15. The van der Waals surface area contributed by atoms with Crippen LogP contribution in [0.1, 0.15) is 26.7 Å². The monoisotopic (exact) mass is 143 g/mol. The molecule has 2 nitrogen and oxygen atoms in total. The van der Waals surface area contributed by atoms with Gasteiger partial charge in [0.25, 0.3) is 0 Å². The third kappa shape index (κ3) is 2.27. The van der Waals surface area contributed by atoms with Crippen LogP contribution in [0.2, 0.25) is 0 Å². The van der Waals surface area contributed by atoms with Gasteiger partial charge in [-0.1, -0.05) is 20.3 Å². The molecule has 0 aromatic heterocycles. The van der Waals surface area contributed by atoms with E-state index < -0.39 is 0 Å². The summed E-state index contributed by atoms with van der Waals surface area (Å²) < 4.78 is 0. The number of aliphatic hydroxyl groups is 1. The molecule has 0 aromatic carbocycles. The third-order valence-corrected chi connectivity index (χ3v) is 2.32. The molecule has 60 valence electrons. The van der Waals surface area contributed by atoms with Crippen molar-refractivity contribution in [3.8, 4) is 0 Å². The van der Waals surface area contributed by atoms with Crippen LogP contribution in [0.15, 0.2) is 0 Å². The quantitative estimate of drug-likeness (QED) is 0.570. The molecule has 0 aromatic rings. The van der Waals surface area contributed by atoms with E-state index in [0.29, 0.717) is 12.0 Å². The van der Waals surface area contributed by atoms with E-state index in [1.165, 1.54) is 0 Å². The van der Waals surface area contributed by atoms with Gasteiger partial charge < -0.3 is 10.4 Å². The molecule has 1 fully saturated rings. The summed E-state index contributed by atoms with van der Waals surface area (Å²) in [7, 11) is 0. The average Bonchev–Trinajstić information content (AvgIpc) is 2.70. The summed E-state index contributed by atoms with van der Waals surface area (Å²) in [4.78, 5) is 0.